The molecule has 5 aliphatic rings. The third-order valence-corrected chi connectivity index (χ3v) is 11.6. The summed E-state index contributed by atoms with van der Waals surface area (Å²) in [6.45, 7) is 0. The first kappa shape index (κ1) is 22.6. The lowest BCUT2D eigenvalue weighted by Crippen LogP contribution is -2.55. The van der Waals surface area contributed by atoms with Crippen LogP contribution in [0.1, 0.15) is 43.2 Å². The first-order chi connectivity index (χ1) is 20.3. The maximum absolute atomic E-state index is 2.62. The molecule has 0 unspecified atom stereocenters. The van der Waals surface area contributed by atoms with E-state index in [1.165, 1.54) is 81.9 Å². The summed E-state index contributed by atoms with van der Waals surface area (Å²) in [6.07, 6.45) is 7.20. The van der Waals surface area contributed by atoms with Crippen molar-refractivity contribution in [1.29, 1.82) is 0 Å². The molecule has 0 radical (unpaired) electrons. The van der Waals surface area contributed by atoms with Crippen molar-refractivity contribution in [2.45, 2.75) is 37.5 Å². The summed E-state index contributed by atoms with van der Waals surface area (Å²) in [7, 11) is 0. The maximum atomic E-state index is 2.62. The van der Waals surface area contributed by atoms with E-state index in [2.05, 4.69) is 120 Å². The molecular formula is C40H33N. The van der Waals surface area contributed by atoms with Gasteiger partial charge in [-0.25, -0.2) is 0 Å². The van der Waals surface area contributed by atoms with Crippen LogP contribution in [0.3, 0.4) is 0 Å². The van der Waals surface area contributed by atoms with Crippen LogP contribution in [0, 0.1) is 23.7 Å². The van der Waals surface area contributed by atoms with E-state index in [0.29, 0.717) is 0 Å². The van der Waals surface area contributed by atoms with E-state index in [1.807, 2.05) is 0 Å². The van der Waals surface area contributed by atoms with E-state index < -0.39 is 0 Å². The molecule has 1 aromatic heterocycles. The zero-order valence-electron chi connectivity index (χ0n) is 23.3. The lowest BCUT2D eigenvalue weighted by molar-refractivity contribution is -0.0399. The van der Waals surface area contributed by atoms with Gasteiger partial charge in [0, 0.05) is 21.9 Å². The first-order valence-corrected chi connectivity index (χ1v) is 15.6. The molecule has 0 saturated heterocycles. The minimum absolute atomic E-state index is 0.211. The van der Waals surface area contributed by atoms with Crippen molar-refractivity contribution < 1.29 is 0 Å². The molecule has 41 heavy (non-hydrogen) atoms. The van der Waals surface area contributed by atoms with Crippen LogP contribution < -0.4 is 0 Å². The van der Waals surface area contributed by atoms with Gasteiger partial charge in [-0.15, -0.1) is 0 Å². The lowest BCUT2D eigenvalue weighted by Gasteiger charge is -2.61. The summed E-state index contributed by atoms with van der Waals surface area (Å²) in [4.78, 5) is 0. The van der Waals surface area contributed by atoms with Crippen LogP contribution >= 0.6 is 0 Å². The molecule has 4 fully saturated rings. The van der Waals surface area contributed by atoms with Gasteiger partial charge >= 0.3 is 0 Å². The molecule has 4 bridgehead atoms. The summed E-state index contributed by atoms with van der Waals surface area (Å²) >= 11 is 0. The number of rotatable bonds is 2. The number of nitrogens with zero attached hydrogens (tertiary/aromatic N) is 1. The molecule has 5 aliphatic carbocycles. The van der Waals surface area contributed by atoms with Crippen molar-refractivity contribution in [2.24, 2.45) is 23.7 Å². The van der Waals surface area contributed by atoms with Gasteiger partial charge < -0.3 is 4.57 Å². The fourth-order valence-electron chi connectivity index (χ4n) is 10.3. The molecule has 1 heterocycles. The Morgan fingerprint density at radius 1 is 0.488 bits per heavy atom. The van der Waals surface area contributed by atoms with Crippen molar-refractivity contribution in [2.75, 3.05) is 0 Å². The second kappa shape index (κ2) is 8.01. The van der Waals surface area contributed by atoms with Crippen LogP contribution in [0.5, 0.6) is 0 Å². The zero-order valence-corrected chi connectivity index (χ0v) is 23.3. The molecule has 11 rings (SSSR count). The molecule has 6 aromatic rings. The Balaban J connectivity index is 1.18. The van der Waals surface area contributed by atoms with E-state index >= 15 is 0 Å². The molecule has 0 N–H and O–H groups in total. The van der Waals surface area contributed by atoms with Crippen molar-refractivity contribution in [3.8, 4) is 27.9 Å². The van der Waals surface area contributed by atoms with E-state index in [1.54, 1.807) is 11.1 Å². The van der Waals surface area contributed by atoms with Crippen molar-refractivity contribution in [3.63, 3.8) is 0 Å². The summed E-state index contributed by atoms with van der Waals surface area (Å²) in [5, 5.41) is 2.65. The Bertz CT molecular complexity index is 1980. The largest absolute Gasteiger partial charge is 0.309 e. The molecule has 0 atom stereocenters. The van der Waals surface area contributed by atoms with Crippen LogP contribution in [0.4, 0.5) is 0 Å². The van der Waals surface area contributed by atoms with Crippen LogP contribution in [0.2, 0.25) is 0 Å². The SMILES string of the molecule is c1ccc(-n2c3ccccc3c3cc(-c4ccc5c(c4)C4(c6ccccc6-5)C5CC6CC(C5)CC4C6)ccc32)cc1. The quantitative estimate of drug-likeness (QED) is 0.211. The fraction of sp³-hybridized carbons (Fsp3) is 0.250. The Labute approximate surface area is 241 Å². The summed E-state index contributed by atoms with van der Waals surface area (Å²) in [5.74, 6) is 3.52. The number of benzene rings is 5. The molecule has 1 heteroatoms. The molecular weight excluding hydrogens is 494 g/mol. The highest BCUT2D eigenvalue weighted by Gasteiger charge is 2.61. The third kappa shape index (κ3) is 2.87. The van der Waals surface area contributed by atoms with Gasteiger partial charge in [0.2, 0.25) is 0 Å². The summed E-state index contributed by atoms with van der Waals surface area (Å²) < 4.78 is 2.41. The van der Waals surface area contributed by atoms with Gasteiger partial charge in [0.25, 0.3) is 0 Å². The van der Waals surface area contributed by atoms with Crippen molar-refractivity contribution >= 4 is 21.8 Å². The number of hydrogen-bond acceptors (Lipinski definition) is 0. The minimum atomic E-state index is 0.211. The minimum Gasteiger partial charge on any atom is -0.309 e. The van der Waals surface area contributed by atoms with Gasteiger partial charge in [-0.3, -0.25) is 0 Å². The van der Waals surface area contributed by atoms with Gasteiger partial charge in [0.05, 0.1) is 11.0 Å². The van der Waals surface area contributed by atoms with Gasteiger partial charge in [0.1, 0.15) is 0 Å². The topological polar surface area (TPSA) is 4.93 Å². The van der Waals surface area contributed by atoms with E-state index in [4.69, 9.17) is 0 Å². The smallest absolute Gasteiger partial charge is 0.0541 e. The summed E-state index contributed by atoms with van der Waals surface area (Å²) in [6, 6.07) is 43.7. The number of para-hydroxylation sites is 2. The average Bonchev–Trinajstić information content (AvgIpc) is 3.50. The van der Waals surface area contributed by atoms with Gasteiger partial charge in [-0.05, 0) is 126 Å². The number of hydrogen-bond donors (Lipinski definition) is 0. The predicted molar refractivity (Wildman–Crippen MR) is 169 cm³/mol. The number of aromatic nitrogens is 1. The second-order valence-corrected chi connectivity index (χ2v) is 13.4. The molecule has 1 spiro atoms. The Morgan fingerprint density at radius 3 is 1.95 bits per heavy atom. The maximum Gasteiger partial charge on any atom is 0.0541 e. The molecule has 0 amide bonds. The predicted octanol–water partition coefficient (Wildman–Crippen LogP) is 10.2. The lowest BCUT2D eigenvalue weighted by atomic mass is 9.43. The average molecular weight is 528 g/mol. The van der Waals surface area contributed by atoms with Crippen LogP contribution in [-0.2, 0) is 5.41 Å². The highest BCUT2D eigenvalue weighted by Crippen LogP contribution is 2.69. The molecule has 0 aliphatic heterocycles. The first-order valence-electron chi connectivity index (χ1n) is 15.6. The Morgan fingerprint density at radius 2 is 1.12 bits per heavy atom. The summed E-state index contributed by atoms with van der Waals surface area (Å²) in [5.41, 5.74) is 12.9. The molecule has 198 valence electrons. The van der Waals surface area contributed by atoms with Crippen molar-refractivity contribution in [1.82, 2.24) is 4.57 Å². The highest BCUT2D eigenvalue weighted by atomic mass is 15.0. The fourth-order valence-corrected chi connectivity index (χ4v) is 10.3. The molecule has 1 nitrogen and oxygen atoms in total. The normalized spacial score (nSPS) is 27.1. The van der Waals surface area contributed by atoms with Crippen LogP contribution in [-0.4, -0.2) is 4.57 Å². The molecule has 5 aromatic carbocycles. The molecule has 4 saturated carbocycles. The van der Waals surface area contributed by atoms with E-state index in [-0.39, 0.29) is 5.41 Å². The van der Waals surface area contributed by atoms with Gasteiger partial charge in [0.15, 0.2) is 0 Å². The standard InChI is InChI=1S/C40H33N/c1-2-8-31(9-3-1)41-38-13-7-5-11-34(38)35-23-27(15-17-39(35)41)28-14-16-33-32-10-4-6-12-36(32)40(37(33)24-28)29-19-25-18-26(21-29)22-30(40)20-25/h1-17,23-26,29-30H,18-22H2. The van der Waals surface area contributed by atoms with Crippen LogP contribution in [0.15, 0.2) is 115 Å². The highest BCUT2D eigenvalue weighted by molar-refractivity contribution is 6.10. The van der Waals surface area contributed by atoms with Gasteiger partial charge in [-0.2, -0.15) is 0 Å². The Kier molecular flexibility index (Phi) is 4.41. The third-order valence-electron chi connectivity index (χ3n) is 11.6. The number of fused-ring (bicyclic) bond motifs is 6. The Hall–Kier alpha value is -4.10. The van der Waals surface area contributed by atoms with E-state index in [9.17, 15) is 0 Å². The monoisotopic (exact) mass is 527 g/mol. The van der Waals surface area contributed by atoms with Crippen molar-refractivity contribution in [3.05, 3.63) is 126 Å². The van der Waals surface area contributed by atoms with Gasteiger partial charge in [-0.1, -0.05) is 78.9 Å². The van der Waals surface area contributed by atoms with E-state index in [0.717, 1.165) is 23.7 Å². The zero-order chi connectivity index (χ0) is 26.7. The second-order valence-electron chi connectivity index (χ2n) is 13.4. The van der Waals surface area contributed by atoms with Crippen LogP contribution in [0.25, 0.3) is 49.7 Å².